The van der Waals surface area contributed by atoms with Crippen LogP contribution in [0.4, 0.5) is 9.59 Å². The van der Waals surface area contributed by atoms with Crippen LogP contribution in [0.2, 0.25) is 10.0 Å². The highest BCUT2D eigenvalue weighted by atomic mass is 35.5. The van der Waals surface area contributed by atoms with E-state index in [9.17, 15) is 56.1 Å². The number of fused-ring (bicyclic) bond motifs is 2. The Morgan fingerprint density at radius 1 is 0.521 bits per heavy atom. The summed E-state index contributed by atoms with van der Waals surface area (Å²) in [7, 11) is -8.00. The number of hydrogen-bond acceptors (Lipinski definition) is 18. The van der Waals surface area contributed by atoms with E-state index in [4.69, 9.17) is 32.7 Å². The maximum Gasteiger partial charge on any atom is 0.315 e. The van der Waals surface area contributed by atoms with Gasteiger partial charge in [-0.3, -0.25) is 29.0 Å². The largest absolute Gasteiger partial charge is 0.484 e. The average Bonchev–Trinajstić information content (AvgIpc) is 1.62. The lowest BCUT2D eigenvalue weighted by molar-refractivity contribution is -0.132. The first kappa shape index (κ1) is 69.0. The van der Waals surface area contributed by atoms with Crippen LogP contribution in [-0.2, 0) is 52.1 Å². The van der Waals surface area contributed by atoms with Crippen molar-refractivity contribution in [2.24, 2.45) is 0 Å². The van der Waals surface area contributed by atoms with Crippen molar-refractivity contribution in [2.75, 3.05) is 118 Å². The molecule has 8 amide bonds. The molecule has 6 aliphatic rings. The maximum absolute atomic E-state index is 13.5. The number of piperazine rings is 2. The van der Waals surface area contributed by atoms with Crippen LogP contribution >= 0.6 is 23.2 Å². The molecule has 0 unspecified atom stereocenters. The standard InChI is InChI=1S/C62H76Cl2N16O12S2/c63-41-25-39(31-65)49-29-53(77-21-15-67-16-22-77)59(51(49)27-41)91-45-3-7-47(8-4-45)93(87,88)75-43-11-19-79(37-43)57(83)35-71-55(81)33-73-61(85)69-13-1-2-14-70-62(86)74-34-56(82)72-36-58(84)80-20-12-44(38-80)76-94(89,90)48-9-5-46(6-10-48)92-60-52-28-42(64)26-40(32-66)50(52)30-54(60)78-23-17-68-18-24-78/h3-10,25-28,43-44,53-54,59-60,67-68,75-76H,1-2,11-24,29-30,33-38H2,(H,71,81)(H,72,82)(H2,69,73,85)(H2,70,74,86)/t43-,44-,53+,54+,59+,60+/m1/s1. The van der Waals surface area contributed by atoms with Crippen LogP contribution < -0.4 is 61.5 Å². The van der Waals surface area contributed by atoms with Crippen LogP contribution in [0.3, 0.4) is 0 Å². The summed E-state index contributed by atoms with van der Waals surface area (Å²) in [4.78, 5) is 83.2. The number of nitrogens with zero attached hydrogens (tertiary/aromatic N) is 6. The molecule has 6 atom stereocenters. The summed E-state index contributed by atoms with van der Waals surface area (Å²) in [6.45, 7) is 6.00. The van der Waals surface area contributed by atoms with Gasteiger partial charge in [-0.25, -0.2) is 35.9 Å². The van der Waals surface area contributed by atoms with E-state index in [1.54, 1.807) is 36.4 Å². The smallest absolute Gasteiger partial charge is 0.315 e. The van der Waals surface area contributed by atoms with E-state index in [2.05, 4.69) is 73.9 Å². The monoisotopic (exact) mass is 1370 g/mol. The van der Waals surface area contributed by atoms with E-state index in [1.165, 1.54) is 34.1 Å². The fourth-order valence-electron chi connectivity index (χ4n) is 12.7. The highest BCUT2D eigenvalue weighted by Crippen LogP contribution is 2.43. The number of unbranched alkanes of at least 4 members (excludes halogenated alkanes) is 1. The van der Waals surface area contributed by atoms with Gasteiger partial charge in [-0.15, -0.1) is 0 Å². The number of carbonyl (C=O) groups excluding carboxylic acids is 6. The molecular weight excluding hydrogens is 1300 g/mol. The van der Waals surface area contributed by atoms with Crippen LogP contribution in [0, 0.1) is 22.7 Å². The van der Waals surface area contributed by atoms with Gasteiger partial charge in [0, 0.05) is 114 Å². The Bertz CT molecular complexity index is 3530. The first-order valence-corrected chi connectivity index (χ1v) is 35.0. The molecule has 0 saturated carbocycles. The molecule has 32 heteroatoms. The first-order valence-electron chi connectivity index (χ1n) is 31.3. The molecule has 502 valence electrons. The molecule has 10 rings (SSSR count). The summed E-state index contributed by atoms with van der Waals surface area (Å²) in [5, 5.41) is 42.3. The fraction of sp³-hybridized carbons (Fsp3) is 0.484. The molecule has 0 aromatic heterocycles. The zero-order valence-corrected chi connectivity index (χ0v) is 54.7. The zero-order chi connectivity index (χ0) is 66.5. The third-order valence-corrected chi connectivity index (χ3v) is 21.0. The normalized spacial score (nSPS) is 21.2. The molecule has 0 spiro atoms. The summed E-state index contributed by atoms with van der Waals surface area (Å²) in [6.07, 6.45) is 1.94. The van der Waals surface area contributed by atoms with Crippen LogP contribution in [0.1, 0.15) is 71.3 Å². The van der Waals surface area contributed by atoms with Crippen molar-refractivity contribution >= 4 is 78.9 Å². The van der Waals surface area contributed by atoms with E-state index >= 15 is 0 Å². The number of sulfonamides is 2. The number of hydrogen-bond donors (Lipinski definition) is 10. The molecule has 94 heavy (non-hydrogen) atoms. The number of rotatable bonds is 25. The van der Waals surface area contributed by atoms with E-state index in [0.29, 0.717) is 71.2 Å². The summed E-state index contributed by atoms with van der Waals surface area (Å²) in [5.41, 5.74) is 4.48. The minimum Gasteiger partial charge on any atom is -0.484 e. The number of nitrogens with one attached hydrogen (secondary N) is 10. The molecule has 28 nitrogen and oxygen atoms in total. The second kappa shape index (κ2) is 31.6. The summed E-state index contributed by atoms with van der Waals surface area (Å²) < 4.78 is 72.4. The predicted octanol–water partition coefficient (Wildman–Crippen LogP) is 0.706. The maximum atomic E-state index is 13.5. The third kappa shape index (κ3) is 17.7. The number of urea groups is 2. The predicted molar refractivity (Wildman–Crippen MR) is 344 cm³/mol. The molecule has 0 bridgehead atoms. The van der Waals surface area contributed by atoms with Gasteiger partial charge < -0.3 is 61.8 Å². The Kier molecular flexibility index (Phi) is 23.2. The Morgan fingerprint density at radius 3 is 1.28 bits per heavy atom. The van der Waals surface area contributed by atoms with Crippen molar-refractivity contribution in [1.82, 2.24) is 71.6 Å². The van der Waals surface area contributed by atoms with E-state index in [-0.39, 0.29) is 74.2 Å². The van der Waals surface area contributed by atoms with Crippen molar-refractivity contribution in [3.05, 3.63) is 116 Å². The van der Waals surface area contributed by atoms with E-state index in [1.807, 2.05) is 12.1 Å². The SMILES string of the molecule is N#Cc1cc(Cl)cc2c1C[C@H](N1CCNCC1)[C@H]2Oc1ccc(S(=O)(=O)N[C@@H]2CCN(C(=O)CNC(=O)CNC(=O)NCCCCNC(=O)NCC(=O)NCC(=O)N3CC[C@@H](NS(=O)(=O)c4ccc(O[C@H]5c6cc(Cl)cc(C#N)c6C[C@@H]5N5CCNCC5)cc4)C3)C2)cc1. The van der Waals surface area contributed by atoms with Crippen LogP contribution in [0.25, 0.3) is 0 Å². The van der Waals surface area contributed by atoms with Gasteiger partial charge in [0.15, 0.2) is 0 Å². The summed E-state index contributed by atoms with van der Waals surface area (Å²) in [6, 6.07) is 21.2. The highest BCUT2D eigenvalue weighted by Gasteiger charge is 2.42. The molecule has 0 radical (unpaired) electrons. The average molecular weight is 1370 g/mol. The highest BCUT2D eigenvalue weighted by molar-refractivity contribution is 7.89. The van der Waals surface area contributed by atoms with Gasteiger partial charge in [-0.05, 0) is 134 Å². The van der Waals surface area contributed by atoms with Gasteiger partial charge in [-0.2, -0.15) is 10.5 Å². The van der Waals surface area contributed by atoms with Crippen molar-refractivity contribution in [2.45, 2.75) is 84.7 Å². The van der Waals surface area contributed by atoms with Gasteiger partial charge in [0.2, 0.25) is 43.7 Å². The van der Waals surface area contributed by atoms with Crippen molar-refractivity contribution < 1.29 is 55.1 Å². The third-order valence-electron chi connectivity index (χ3n) is 17.5. The van der Waals surface area contributed by atoms with Gasteiger partial charge >= 0.3 is 12.1 Å². The van der Waals surface area contributed by atoms with Crippen LogP contribution in [0.5, 0.6) is 11.5 Å². The van der Waals surface area contributed by atoms with Crippen LogP contribution in [0.15, 0.2) is 82.6 Å². The summed E-state index contributed by atoms with van der Waals surface area (Å²) in [5.74, 6) is -1.21. The number of nitriles is 2. The van der Waals surface area contributed by atoms with Crippen molar-refractivity contribution in [3.63, 3.8) is 0 Å². The quantitative estimate of drug-likeness (QED) is 0.0408. The van der Waals surface area contributed by atoms with Crippen LogP contribution in [-0.4, -0.2) is 214 Å². The number of amides is 8. The molecule has 4 heterocycles. The molecule has 4 aromatic carbocycles. The van der Waals surface area contributed by atoms with Crippen molar-refractivity contribution in [1.29, 1.82) is 10.5 Å². The molecule has 10 N–H and O–H groups in total. The van der Waals surface area contributed by atoms with Gasteiger partial charge in [-0.1, -0.05) is 23.2 Å². The Balaban J connectivity index is 0.549. The molecular formula is C62H76Cl2N16O12S2. The lowest BCUT2D eigenvalue weighted by Crippen LogP contribution is -2.50. The fourth-order valence-corrected chi connectivity index (χ4v) is 15.7. The number of likely N-dealkylation sites (tertiary alicyclic amines) is 2. The number of benzene rings is 4. The molecule has 2 aliphatic carbocycles. The van der Waals surface area contributed by atoms with Gasteiger partial charge in [0.1, 0.15) is 23.7 Å². The van der Waals surface area contributed by atoms with Gasteiger partial charge in [0.05, 0.1) is 71.3 Å². The second-order valence-electron chi connectivity index (χ2n) is 23.8. The lowest BCUT2D eigenvalue weighted by atomic mass is 10.0. The molecule has 4 aromatic rings. The van der Waals surface area contributed by atoms with Gasteiger partial charge in [0.25, 0.3) is 0 Å². The minimum atomic E-state index is -4.00. The van der Waals surface area contributed by atoms with Crippen molar-refractivity contribution in [3.8, 4) is 23.6 Å². The number of carbonyl (C=O) groups is 6. The molecule has 4 fully saturated rings. The Morgan fingerprint density at radius 2 is 0.904 bits per heavy atom. The lowest BCUT2D eigenvalue weighted by Gasteiger charge is -2.36. The minimum absolute atomic E-state index is 0.00942. The first-order chi connectivity index (χ1) is 45.2. The second-order valence-corrected chi connectivity index (χ2v) is 28.1. The molecule has 4 aliphatic heterocycles. The van der Waals surface area contributed by atoms with E-state index < -0.39 is 93.1 Å². The number of ether oxygens (including phenoxy) is 2. The topological polar surface area (TPSA) is 370 Å². The van der Waals surface area contributed by atoms with E-state index in [0.717, 1.165) is 74.6 Å². The zero-order valence-electron chi connectivity index (χ0n) is 51.5. The Hall–Kier alpha value is -7.88. The number of halogens is 2. The summed E-state index contributed by atoms with van der Waals surface area (Å²) >= 11 is 12.9. The molecule has 4 saturated heterocycles. The Labute approximate surface area is 555 Å².